The summed E-state index contributed by atoms with van der Waals surface area (Å²) in [4.78, 5) is 0. The summed E-state index contributed by atoms with van der Waals surface area (Å²) in [5, 5.41) is 0. The minimum Gasteiger partial charge on any atom is -0.466 e. The fourth-order valence-corrected chi connectivity index (χ4v) is 2.74. The van der Waals surface area contributed by atoms with Crippen molar-refractivity contribution in [3.63, 3.8) is 0 Å². The number of furan rings is 1. The van der Waals surface area contributed by atoms with Crippen molar-refractivity contribution in [2.24, 2.45) is 0 Å². The van der Waals surface area contributed by atoms with Gasteiger partial charge >= 0.3 is 0 Å². The molecule has 128 valence electrons. The zero-order valence-corrected chi connectivity index (χ0v) is 16.0. The van der Waals surface area contributed by atoms with Crippen LogP contribution in [0.5, 0.6) is 0 Å². The van der Waals surface area contributed by atoms with E-state index in [9.17, 15) is 0 Å². The average molecular weight is 315 g/mol. The molecule has 1 aromatic rings. The zero-order valence-electron chi connectivity index (χ0n) is 16.0. The second kappa shape index (κ2) is 10.3. The van der Waals surface area contributed by atoms with E-state index in [0.717, 1.165) is 30.8 Å². The molecule has 0 amide bonds. The smallest absolute Gasteiger partial charge is 0.104 e. The Morgan fingerprint density at radius 2 is 1.43 bits per heavy atom. The summed E-state index contributed by atoms with van der Waals surface area (Å²) in [6.45, 7) is 12.9. The van der Waals surface area contributed by atoms with Crippen LogP contribution in [0.4, 0.5) is 0 Å². The van der Waals surface area contributed by atoms with Gasteiger partial charge in [-0.2, -0.15) is 0 Å². The molecule has 0 radical (unpaired) electrons. The SMILES string of the molecule is CC(C)=CCC/C(C)=C/CC/C(C)=C/CCc1cc(C)oc1C. The van der Waals surface area contributed by atoms with E-state index in [-0.39, 0.29) is 0 Å². The Morgan fingerprint density at radius 1 is 0.870 bits per heavy atom. The molecule has 0 saturated heterocycles. The number of aryl methyl sites for hydroxylation is 3. The Balaban J connectivity index is 2.28. The summed E-state index contributed by atoms with van der Waals surface area (Å²) in [6.07, 6.45) is 14.0. The van der Waals surface area contributed by atoms with Gasteiger partial charge in [-0.25, -0.2) is 0 Å². The topological polar surface area (TPSA) is 13.1 Å². The minimum atomic E-state index is 1.02. The zero-order chi connectivity index (χ0) is 17.2. The van der Waals surface area contributed by atoms with Crippen LogP contribution in [0.1, 0.15) is 76.9 Å². The summed E-state index contributed by atoms with van der Waals surface area (Å²) >= 11 is 0. The molecule has 1 heteroatoms. The molecule has 1 aromatic heterocycles. The predicted octanol–water partition coefficient (Wildman–Crippen LogP) is 7.25. The Labute approximate surface area is 143 Å². The van der Waals surface area contributed by atoms with E-state index in [4.69, 9.17) is 4.42 Å². The molecule has 0 aliphatic rings. The van der Waals surface area contributed by atoms with Crippen molar-refractivity contribution in [1.82, 2.24) is 0 Å². The maximum Gasteiger partial charge on any atom is 0.104 e. The van der Waals surface area contributed by atoms with Crippen LogP contribution in [-0.4, -0.2) is 0 Å². The summed E-state index contributed by atoms with van der Waals surface area (Å²) < 4.78 is 5.58. The molecule has 0 fully saturated rings. The van der Waals surface area contributed by atoms with Crippen LogP contribution < -0.4 is 0 Å². The highest BCUT2D eigenvalue weighted by Gasteiger charge is 2.03. The molecule has 0 atom stereocenters. The van der Waals surface area contributed by atoms with Crippen LogP contribution in [0.15, 0.2) is 45.4 Å². The van der Waals surface area contributed by atoms with E-state index in [2.05, 4.69) is 58.9 Å². The van der Waals surface area contributed by atoms with E-state index in [1.165, 1.54) is 41.5 Å². The van der Waals surface area contributed by atoms with Gasteiger partial charge in [-0.15, -0.1) is 0 Å². The normalized spacial score (nSPS) is 12.6. The lowest BCUT2D eigenvalue weighted by atomic mass is 10.0. The minimum absolute atomic E-state index is 1.02. The molecule has 0 aromatic carbocycles. The van der Waals surface area contributed by atoms with Crippen LogP contribution in [0.25, 0.3) is 0 Å². The average Bonchev–Trinajstić information content (AvgIpc) is 2.76. The third-order valence-electron chi connectivity index (χ3n) is 4.17. The van der Waals surface area contributed by atoms with Gasteiger partial charge in [0.25, 0.3) is 0 Å². The first-order chi connectivity index (χ1) is 10.9. The van der Waals surface area contributed by atoms with Gasteiger partial charge in [0.1, 0.15) is 11.5 Å². The highest BCUT2D eigenvalue weighted by Crippen LogP contribution is 2.17. The van der Waals surface area contributed by atoms with Crippen LogP contribution in [0, 0.1) is 13.8 Å². The number of hydrogen-bond donors (Lipinski definition) is 0. The van der Waals surface area contributed by atoms with Crippen molar-refractivity contribution in [3.05, 3.63) is 58.1 Å². The first-order valence-electron chi connectivity index (χ1n) is 8.89. The highest BCUT2D eigenvalue weighted by molar-refractivity contribution is 5.21. The standard InChI is InChI=1S/C22H34O/c1-17(2)10-7-11-18(3)12-8-13-19(4)14-9-15-22-16-20(5)23-21(22)6/h10,12,14,16H,7-9,11,13,15H2,1-6H3/b18-12+,19-14+. The summed E-state index contributed by atoms with van der Waals surface area (Å²) in [7, 11) is 0. The molecule has 0 spiro atoms. The van der Waals surface area contributed by atoms with Gasteiger partial charge < -0.3 is 4.42 Å². The predicted molar refractivity (Wildman–Crippen MR) is 102 cm³/mol. The second-order valence-electron chi connectivity index (χ2n) is 6.94. The van der Waals surface area contributed by atoms with Crippen LogP contribution in [-0.2, 0) is 6.42 Å². The molecule has 0 bridgehead atoms. The second-order valence-corrected chi connectivity index (χ2v) is 6.94. The lowest BCUT2D eigenvalue weighted by molar-refractivity contribution is 0.501. The van der Waals surface area contributed by atoms with E-state index in [1.54, 1.807) is 0 Å². The van der Waals surface area contributed by atoms with Crippen molar-refractivity contribution in [2.45, 2.75) is 80.1 Å². The number of allylic oxidation sites excluding steroid dienone is 6. The Kier molecular flexibility index (Phi) is 8.76. The summed E-state index contributed by atoms with van der Waals surface area (Å²) in [5.74, 6) is 2.09. The molecule has 0 N–H and O–H groups in total. The van der Waals surface area contributed by atoms with Gasteiger partial charge in [-0.3, -0.25) is 0 Å². The van der Waals surface area contributed by atoms with Crippen molar-refractivity contribution >= 4 is 0 Å². The highest BCUT2D eigenvalue weighted by atomic mass is 16.3. The van der Waals surface area contributed by atoms with E-state index >= 15 is 0 Å². The van der Waals surface area contributed by atoms with Gasteiger partial charge in [0.15, 0.2) is 0 Å². The Hall–Kier alpha value is -1.50. The molecule has 0 aliphatic heterocycles. The number of hydrogen-bond acceptors (Lipinski definition) is 1. The van der Waals surface area contributed by atoms with Gasteiger partial charge in [0.05, 0.1) is 0 Å². The molecular weight excluding hydrogens is 280 g/mol. The van der Waals surface area contributed by atoms with Crippen LogP contribution in [0.3, 0.4) is 0 Å². The van der Waals surface area contributed by atoms with Gasteiger partial charge in [-0.05, 0) is 91.7 Å². The van der Waals surface area contributed by atoms with Crippen molar-refractivity contribution in [3.8, 4) is 0 Å². The monoisotopic (exact) mass is 314 g/mol. The van der Waals surface area contributed by atoms with E-state index in [0.29, 0.717) is 0 Å². The first kappa shape index (κ1) is 19.5. The third kappa shape index (κ3) is 8.64. The Bertz CT molecular complexity index is 563. The summed E-state index contributed by atoms with van der Waals surface area (Å²) in [6, 6.07) is 2.16. The maximum atomic E-state index is 5.58. The first-order valence-corrected chi connectivity index (χ1v) is 8.89. The summed E-state index contributed by atoms with van der Waals surface area (Å²) in [5.41, 5.74) is 5.78. The molecule has 0 aliphatic carbocycles. The quantitative estimate of drug-likeness (QED) is 0.437. The van der Waals surface area contributed by atoms with Gasteiger partial charge in [-0.1, -0.05) is 34.9 Å². The van der Waals surface area contributed by atoms with Crippen molar-refractivity contribution in [1.29, 1.82) is 0 Å². The van der Waals surface area contributed by atoms with E-state index < -0.39 is 0 Å². The number of rotatable bonds is 9. The lowest BCUT2D eigenvalue weighted by Gasteiger charge is -2.02. The fourth-order valence-electron chi connectivity index (χ4n) is 2.74. The van der Waals surface area contributed by atoms with Crippen LogP contribution in [0.2, 0.25) is 0 Å². The van der Waals surface area contributed by atoms with Crippen LogP contribution >= 0.6 is 0 Å². The molecule has 1 heterocycles. The molecular formula is C22H34O. The van der Waals surface area contributed by atoms with E-state index in [1.807, 2.05) is 6.92 Å². The third-order valence-corrected chi connectivity index (χ3v) is 4.17. The van der Waals surface area contributed by atoms with Gasteiger partial charge in [0.2, 0.25) is 0 Å². The maximum absolute atomic E-state index is 5.58. The molecule has 0 saturated carbocycles. The van der Waals surface area contributed by atoms with Gasteiger partial charge in [0, 0.05) is 0 Å². The lowest BCUT2D eigenvalue weighted by Crippen LogP contribution is -1.85. The molecule has 0 unspecified atom stereocenters. The molecule has 23 heavy (non-hydrogen) atoms. The largest absolute Gasteiger partial charge is 0.466 e. The fraction of sp³-hybridized carbons (Fsp3) is 0.545. The Morgan fingerprint density at radius 3 is 1.96 bits per heavy atom. The van der Waals surface area contributed by atoms with Crippen molar-refractivity contribution < 1.29 is 4.42 Å². The van der Waals surface area contributed by atoms with Crippen molar-refractivity contribution in [2.75, 3.05) is 0 Å². The molecule has 1 nitrogen and oxygen atoms in total. The molecule has 1 rings (SSSR count).